The molecule has 0 saturated carbocycles. The molecular weight excluding hydrogens is 569 g/mol. The zero-order valence-corrected chi connectivity index (χ0v) is 26.0. The van der Waals surface area contributed by atoms with Gasteiger partial charge in [-0.15, -0.1) is 0 Å². The first kappa shape index (κ1) is 33.6. The molecule has 1 N–H and O–H groups in total. The molecule has 3 aromatic rings. The van der Waals surface area contributed by atoms with Crippen molar-refractivity contribution in [3.8, 4) is 5.75 Å². The number of hydrogen-bond acceptors (Lipinski definition) is 5. The fraction of sp³-hybridized carbons (Fsp3) is 0.394. The minimum atomic E-state index is -3.68. The lowest BCUT2D eigenvalue weighted by molar-refractivity contribution is -0.141. The molecule has 0 fully saturated rings. The standard InChI is InChI=1S/C33H42FN3O5S/c1-4-6-22-35-33(39)30(24-26-13-8-7-9-14-26)36(25-27-18-20-28(34)21-19-27)32(38)17-12-23-37(43(3,40)41)29-15-10-11-16-31(29)42-5-2/h7-11,13-16,18-21,30H,4-6,12,17,22-25H2,1-3H3,(H,35,39)/t30-/m0/s1. The van der Waals surface area contributed by atoms with Crippen LogP contribution in [0.25, 0.3) is 0 Å². The number of unbranched alkanes of at least 4 members (excludes halogenated alkanes) is 1. The van der Waals surface area contributed by atoms with Gasteiger partial charge in [-0.1, -0.05) is 67.9 Å². The average Bonchev–Trinajstić information content (AvgIpc) is 2.98. The molecule has 2 amide bonds. The quantitative estimate of drug-likeness (QED) is 0.208. The highest BCUT2D eigenvalue weighted by Gasteiger charge is 2.30. The highest BCUT2D eigenvalue weighted by Crippen LogP contribution is 2.30. The predicted molar refractivity (Wildman–Crippen MR) is 168 cm³/mol. The summed E-state index contributed by atoms with van der Waals surface area (Å²) in [6.45, 7) is 4.85. The van der Waals surface area contributed by atoms with E-state index in [0.717, 1.165) is 24.7 Å². The van der Waals surface area contributed by atoms with E-state index < -0.39 is 21.9 Å². The Bertz CT molecular complexity index is 1420. The maximum atomic E-state index is 13.9. The molecule has 0 bridgehead atoms. The Labute approximate surface area is 254 Å². The smallest absolute Gasteiger partial charge is 0.243 e. The SMILES string of the molecule is CCCCNC(=O)[C@H](Cc1ccccc1)N(Cc1ccc(F)cc1)C(=O)CCCN(c1ccccc1OCC)S(C)(=O)=O. The van der Waals surface area contributed by atoms with Gasteiger partial charge in [0, 0.05) is 32.5 Å². The Morgan fingerprint density at radius 1 is 0.907 bits per heavy atom. The minimum Gasteiger partial charge on any atom is -0.492 e. The van der Waals surface area contributed by atoms with Gasteiger partial charge in [-0.05, 0) is 55.2 Å². The zero-order chi connectivity index (χ0) is 31.2. The van der Waals surface area contributed by atoms with Crippen LogP contribution in [0.15, 0.2) is 78.9 Å². The number of halogens is 1. The van der Waals surface area contributed by atoms with E-state index in [1.54, 1.807) is 36.4 Å². The number of amides is 2. The summed E-state index contributed by atoms with van der Waals surface area (Å²) in [4.78, 5) is 29.0. The number of sulfonamides is 1. The van der Waals surface area contributed by atoms with Crippen LogP contribution in [0.1, 0.15) is 50.7 Å². The van der Waals surface area contributed by atoms with Crippen molar-refractivity contribution in [3.63, 3.8) is 0 Å². The number of rotatable bonds is 17. The topological polar surface area (TPSA) is 96.0 Å². The Hall–Kier alpha value is -3.92. The third kappa shape index (κ3) is 10.4. The van der Waals surface area contributed by atoms with Gasteiger partial charge in [0.25, 0.3) is 0 Å². The number of carbonyl (C=O) groups is 2. The summed E-state index contributed by atoms with van der Waals surface area (Å²) < 4.78 is 46.1. The summed E-state index contributed by atoms with van der Waals surface area (Å²) in [5.74, 6) is -0.530. The molecule has 10 heteroatoms. The lowest BCUT2D eigenvalue weighted by Crippen LogP contribution is -2.50. The van der Waals surface area contributed by atoms with Crippen molar-refractivity contribution in [1.82, 2.24) is 10.2 Å². The molecule has 3 rings (SSSR count). The molecule has 0 heterocycles. The van der Waals surface area contributed by atoms with E-state index in [1.165, 1.54) is 21.3 Å². The molecule has 43 heavy (non-hydrogen) atoms. The van der Waals surface area contributed by atoms with Gasteiger partial charge in [-0.2, -0.15) is 0 Å². The van der Waals surface area contributed by atoms with Crippen molar-refractivity contribution in [1.29, 1.82) is 0 Å². The van der Waals surface area contributed by atoms with E-state index >= 15 is 0 Å². The van der Waals surface area contributed by atoms with E-state index in [2.05, 4.69) is 5.32 Å². The number of hydrogen-bond donors (Lipinski definition) is 1. The van der Waals surface area contributed by atoms with Crippen molar-refractivity contribution >= 4 is 27.5 Å². The van der Waals surface area contributed by atoms with Crippen molar-refractivity contribution in [2.45, 2.75) is 58.5 Å². The Morgan fingerprint density at radius 3 is 2.23 bits per heavy atom. The molecule has 0 aliphatic carbocycles. The average molecular weight is 612 g/mol. The lowest BCUT2D eigenvalue weighted by atomic mass is 10.0. The van der Waals surface area contributed by atoms with Crippen LogP contribution in [0, 0.1) is 5.82 Å². The maximum Gasteiger partial charge on any atom is 0.243 e. The Morgan fingerprint density at radius 2 is 1.58 bits per heavy atom. The fourth-order valence-corrected chi connectivity index (χ4v) is 5.74. The van der Waals surface area contributed by atoms with E-state index in [9.17, 15) is 22.4 Å². The van der Waals surface area contributed by atoms with Crippen LogP contribution in [0.5, 0.6) is 5.75 Å². The second kappa shape index (κ2) is 16.6. The van der Waals surface area contributed by atoms with E-state index in [-0.39, 0.29) is 37.7 Å². The second-order valence-electron chi connectivity index (χ2n) is 10.3. The molecule has 0 unspecified atom stereocenters. The van der Waals surface area contributed by atoms with Crippen LogP contribution < -0.4 is 14.4 Å². The molecule has 1 atom stereocenters. The van der Waals surface area contributed by atoms with Gasteiger partial charge in [0.15, 0.2) is 0 Å². The Balaban J connectivity index is 1.88. The molecule has 0 radical (unpaired) electrons. The van der Waals surface area contributed by atoms with Crippen LogP contribution in [0.2, 0.25) is 0 Å². The minimum absolute atomic E-state index is 0.00243. The van der Waals surface area contributed by atoms with Crippen LogP contribution in [0.3, 0.4) is 0 Å². The summed E-state index contributed by atoms with van der Waals surface area (Å²) in [7, 11) is -3.68. The molecule has 0 aliphatic heterocycles. The third-order valence-electron chi connectivity index (χ3n) is 6.95. The number of nitrogens with one attached hydrogen (secondary N) is 1. The lowest BCUT2D eigenvalue weighted by Gasteiger charge is -2.32. The zero-order valence-electron chi connectivity index (χ0n) is 25.2. The first-order chi connectivity index (χ1) is 20.6. The number of para-hydroxylation sites is 2. The van der Waals surface area contributed by atoms with Crippen LogP contribution in [0.4, 0.5) is 10.1 Å². The maximum absolute atomic E-state index is 13.9. The van der Waals surface area contributed by atoms with E-state index in [0.29, 0.717) is 36.6 Å². The number of nitrogens with zero attached hydrogens (tertiary/aromatic N) is 2. The van der Waals surface area contributed by atoms with Crippen LogP contribution in [-0.4, -0.2) is 57.1 Å². The predicted octanol–water partition coefficient (Wildman–Crippen LogP) is 5.33. The van der Waals surface area contributed by atoms with Crippen molar-refractivity contribution in [2.24, 2.45) is 0 Å². The van der Waals surface area contributed by atoms with Gasteiger partial charge in [0.05, 0.1) is 18.6 Å². The number of anilines is 1. The normalized spacial score (nSPS) is 11.9. The van der Waals surface area contributed by atoms with Gasteiger partial charge in [-0.3, -0.25) is 13.9 Å². The first-order valence-electron chi connectivity index (χ1n) is 14.7. The molecule has 0 aromatic heterocycles. The Kier molecular flexibility index (Phi) is 13.0. The summed E-state index contributed by atoms with van der Waals surface area (Å²) in [5.41, 5.74) is 1.98. The van der Waals surface area contributed by atoms with Crippen molar-refractivity contribution in [3.05, 3.63) is 95.8 Å². The second-order valence-corrected chi connectivity index (χ2v) is 12.2. The molecule has 3 aromatic carbocycles. The molecular formula is C33H42FN3O5S. The molecule has 0 aliphatic rings. The summed E-state index contributed by atoms with van der Waals surface area (Å²) >= 11 is 0. The number of ether oxygens (including phenoxy) is 1. The molecule has 232 valence electrons. The summed E-state index contributed by atoms with van der Waals surface area (Å²) in [5, 5.41) is 2.97. The van der Waals surface area contributed by atoms with Gasteiger partial charge >= 0.3 is 0 Å². The van der Waals surface area contributed by atoms with Gasteiger partial charge in [-0.25, -0.2) is 12.8 Å². The number of carbonyl (C=O) groups excluding carboxylic acids is 2. The summed E-state index contributed by atoms with van der Waals surface area (Å²) in [6, 6.07) is 21.4. The third-order valence-corrected chi connectivity index (χ3v) is 8.13. The molecule has 0 saturated heterocycles. The highest BCUT2D eigenvalue weighted by molar-refractivity contribution is 7.92. The van der Waals surface area contributed by atoms with Gasteiger partial charge < -0.3 is 15.0 Å². The van der Waals surface area contributed by atoms with Crippen LogP contribution in [-0.2, 0) is 32.6 Å². The monoisotopic (exact) mass is 611 g/mol. The molecule has 8 nitrogen and oxygen atoms in total. The summed E-state index contributed by atoms with van der Waals surface area (Å²) in [6.07, 6.45) is 3.34. The largest absolute Gasteiger partial charge is 0.492 e. The van der Waals surface area contributed by atoms with E-state index in [1.807, 2.05) is 44.2 Å². The highest BCUT2D eigenvalue weighted by atomic mass is 32.2. The van der Waals surface area contributed by atoms with Crippen molar-refractivity contribution < 1.29 is 27.1 Å². The molecule has 0 spiro atoms. The van der Waals surface area contributed by atoms with Gasteiger partial charge in [0.2, 0.25) is 21.8 Å². The first-order valence-corrected chi connectivity index (χ1v) is 16.5. The van der Waals surface area contributed by atoms with Crippen molar-refractivity contribution in [2.75, 3.05) is 30.3 Å². The van der Waals surface area contributed by atoms with Crippen LogP contribution >= 0.6 is 0 Å². The van der Waals surface area contributed by atoms with E-state index in [4.69, 9.17) is 4.74 Å². The fourth-order valence-electron chi connectivity index (χ4n) is 4.77. The number of benzene rings is 3. The van der Waals surface area contributed by atoms with Gasteiger partial charge in [0.1, 0.15) is 17.6 Å².